The van der Waals surface area contributed by atoms with Gasteiger partial charge in [0.1, 0.15) is 6.61 Å². The number of ether oxygens (including phenoxy) is 2. The zero-order valence-corrected chi connectivity index (χ0v) is 21.1. The molecule has 3 unspecified atom stereocenters. The average Bonchev–Trinajstić information content (AvgIpc) is 3.36. The van der Waals surface area contributed by atoms with Crippen molar-refractivity contribution in [2.75, 3.05) is 39.5 Å². The Bertz CT molecular complexity index is 859. The van der Waals surface area contributed by atoms with E-state index in [0.717, 1.165) is 37.7 Å². The fourth-order valence-corrected chi connectivity index (χ4v) is 4.89. The highest BCUT2D eigenvalue weighted by Gasteiger charge is 2.35. The van der Waals surface area contributed by atoms with Crippen molar-refractivity contribution in [2.24, 2.45) is 11.8 Å². The van der Waals surface area contributed by atoms with E-state index >= 15 is 0 Å². The molecule has 1 fully saturated rings. The minimum Gasteiger partial charge on any atom is -0.463 e. The fourth-order valence-electron chi connectivity index (χ4n) is 4.89. The molecule has 2 N–H and O–H groups in total. The first-order valence-electron chi connectivity index (χ1n) is 13.2. The number of aliphatic hydroxyl groups excluding tert-OH is 1. The van der Waals surface area contributed by atoms with Crippen molar-refractivity contribution in [3.63, 3.8) is 0 Å². The third-order valence-corrected chi connectivity index (χ3v) is 6.83. The van der Waals surface area contributed by atoms with E-state index in [1.54, 1.807) is 4.90 Å². The molecule has 36 heavy (non-hydrogen) atoms. The second-order valence-corrected chi connectivity index (χ2v) is 9.57. The van der Waals surface area contributed by atoms with E-state index in [9.17, 15) is 14.4 Å². The highest BCUT2D eigenvalue weighted by Crippen LogP contribution is 2.25. The number of rotatable bonds is 9. The van der Waals surface area contributed by atoms with Gasteiger partial charge in [-0.15, -0.1) is 0 Å². The molecule has 3 rings (SSSR count). The molecule has 0 saturated carbocycles. The van der Waals surface area contributed by atoms with Gasteiger partial charge in [0.15, 0.2) is 0 Å². The number of hydrogen-bond donors (Lipinski definition) is 2. The lowest BCUT2D eigenvalue weighted by Gasteiger charge is -2.29. The molecule has 0 radical (unpaired) electrons. The summed E-state index contributed by atoms with van der Waals surface area (Å²) >= 11 is 0. The van der Waals surface area contributed by atoms with Crippen LogP contribution < -0.4 is 5.32 Å². The van der Waals surface area contributed by atoms with Gasteiger partial charge >= 0.3 is 5.97 Å². The van der Waals surface area contributed by atoms with Gasteiger partial charge in [-0.05, 0) is 50.5 Å². The van der Waals surface area contributed by atoms with Crippen LogP contribution in [-0.4, -0.2) is 73.3 Å². The van der Waals surface area contributed by atoms with Crippen LogP contribution >= 0.6 is 0 Å². The van der Waals surface area contributed by atoms with E-state index in [0.29, 0.717) is 32.5 Å². The van der Waals surface area contributed by atoms with Crippen LogP contribution in [0.15, 0.2) is 42.5 Å². The predicted octanol–water partition coefficient (Wildman–Crippen LogP) is 2.64. The third-order valence-electron chi connectivity index (χ3n) is 6.83. The number of nitrogens with zero attached hydrogens (tertiary/aromatic N) is 1. The molecule has 0 bridgehead atoms. The fraction of sp³-hybridized carbons (Fsp3) is 0.607. The van der Waals surface area contributed by atoms with Gasteiger partial charge < -0.3 is 24.8 Å². The third kappa shape index (κ3) is 9.06. The number of cyclic esters (lactones) is 1. The summed E-state index contributed by atoms with van der Waals surface area (Å²) in [5.74, 6) is -1.10. The molecule has 0 spiro atoms. The highest BCUT2D eigenvalue weighted by atomic mass is 16.5. The molecule has 1 aromatic rings. The van der Waals surface area contributed by atoms with Crippen LogP contribution in [-0.2, 0) is 30.3 Å². The number of carbonyl (C=O) groups is 3. The number of allylic oxidation sites excluding steroid dienone is 2. The molecule has 2 aliphatic heterocycles. The van der Waals surface area contributed by atoms with Crippen LogP contribution in [0.1, 0.15) is 50.5 Å². The summed E-state index contributed by atoms with van der Waals surface area (Å²) in [6, 6.07) is 9.86. The van der Waals surface area contributed by atoms with E-state index in [2.05, 4.69) is 11.4 Å². The Labute approximate surface area is 214 Å². The van der Waals surface area contributed by atoms with Gasteiger partial charge in [0.2, 0.25) is 11.8 Å². The van der Waals surface area contributed by atoms with E-state index in [-0.39, 0.29) is 56.0 Å². The summed E-state index contributed by atoms with van der Waals surface area (Å²) in [7, 11) is 0. The molecule has 8 heteroatoms. The molecule has 1 aromatic carbocycles. The quantitative estimate of drug-likeness (QED) is 0.307. The molecule has 0 aromatic heterocycles. The maximum atomic E-state index is 13.5. The standard InChI is InChI=1S/C28H40N2O6/c31-16-18-35-17-14-29-26(32)20-23-11-6-1-2-7-12-24(19-22-9-4-3-5-10-22)28(34)36-21-25-13-8-15-30(25)27(23)33/h1,3-6,9-10,23-25,31H,2,7-8,11-21H2,(H,29,32). The molecule has 2 heterocycles. The minimum absolute atomic E-state index is 0.0530. The van der Waals surface area contributed by atoms with Crippen LogP contribution in [0.2, 0.25) is 0 Å². The van der Waals surface area contributed by atoms with E-state index in [4.69, 9.17) is 14.6 Å². The second kappa shape index (κ2) is 15.4. The Morgan fingerprint density at radius 1 is 1.08 bits per heavy atom. The number of carbonyl (C=O) groups excluding carboxylic acids is 3. The van der Waals surface area contributed by atoms with E-state index < -0.39 is 5.92 Å². The van der Waals surface area contributed by atoms with Gasteiger partial charge in [-0.2, -0.15) is 0 Å². The van der Waals surface area contributed by atoms with Gasteiger partial charge in [0, 0.05) is 19.5 Å². The first-order chi connectivity index (χ1) is 17.6. The van der Waals surface area contributed by atoms with Crippen LogP contribution in [0.25, 0.3) is 0 Å². The molecule has 2 aliphatic rings. The maximum Gasteiger partial charge on any atom is 0.309 e. The Morgan fingerprint density at radius 2 is 1.92 bits per heavy atom. The summed E-state index contributed by atoms with van der Waals surface area (Å²) in [6.45, 7) is 1.64. The van der Waals surface area contributed by atoms with Gasteiger partial charge in [0.25, 0.3) is 0 Å². The number of hydrogen-bond acceptors (Lipinski definition) is 6. The number of benzene rings is 1. The number of esters is 1. The molecule has 2 amide bonds. The van der Waals surface area contributed by atoms with Crippen molar-refractivity contribution < 1.29 is 29.0 Å². The normalized spacial score (nSPS) is 23.6. The summed E-state index contributed by atoms with van der Waals surface area (Å²) < 4.78 is 10.9. The lowest BCUT2D eigenvalue weighted by Crippen LogP contribution is -2.43. The summed E-state index contributed by atoms with van der Waals surface area (Å²) in [5.41, 5.74) is 1.12. The van der Waals surface area contributed by atoms with Crippen LogP contribution in [0.4, 0.5) is 0 Å². The monoisotopic (exact) mass is 500 g/mol. The maximum absolute atomic E-state index is 13.5. The molecular weight excluding hydrogens is 460 g/mol. The van der Waals surface area contributed by atoms with Gasteiger partial charge in [0.05, 0.1) is 37.7 Å². The van der Waals surface area contributed by atoms with Crippen molar-refractivity contribution in [3.8, 4) is 0 Å². The summed E-state index contributed by atoms with van der Waals surface area (Å²) in [4.78, 5) is 40.8. The molecule has 198 valence electrons. The highest BCUT2D eigenvalue weighted by molar-refractivity contribution is 5.86. The molecule has 0 aliphatic carbocycles. The molecule has 3 atom stereocenters. The minimum atomic E-state index is -0.454. The largest absolute Gasteiger partial charge is 0.463 e. The Morgan fingerprint density at radius 3 is 2.72 bits per heavy atom. The van der Waals surface area contributed by atoms with E-state index in [1.807, 2.05) is 36.4 Å². The van der Waals surface area contributed by atoms with E-state index in [1.165, 1.54) is 0 Å². The summed E-state index contributed by atoms with van der Waals surface area (Å²) in [5, 5.41) is 11.6. The van der Waals surface area contributed by atoms with Gasteiger partial charge in [-0.25, -0.2) is 0 Å². The Balaban J connectivity index is 1.63. The van der Waals surface area contributed by atoms with Crippen LogP contribution in [0.3, 0.4) is 0 Å². The number of amides is 2. The first kappa shape index (κ1) is 27.9. The molecule has 1 saturated heterocycles. The zero-order chi connectivity index (χ0) is 25.6. The lowest BCUT2D eigenvalue weighted by molar-refractivity contribution is -0.152. The Hall–Kier alpha value is -2.71. The number of aliphatic hydroxyl groups is 1. The van der Waals surface area contributed by atoms with Crippen molar-refractivity contribution in [1.82, 2.24) is 10.2 Å². The van der Waals surface area contributed by atoms with Gasteiger partial charge in [-0.1, -0.05) is 42.5 Å². The van der Waals surface area contributed by atoms with Crippen LogP contribution in [0.5, 0.6) is 0 Å². The predicted molar refractivity (Wildman–Crippen MR) is 136 cm³/mol. The van der Waals surface area contributed by atoms with Crippen molar-refractivity contribution in [1.29, 1.82) is 0 Å². The molecular formula is C28H40N2O6. The smallest absolute Gasteiger partial charge is 0.309 e. The summed E-state index contributed by atoms with van der Waals surface area (Å²) in [6.07, 6.45) is 9.37. The first-order valence-corrected chi connectivity index (χ1v) is 13.2. The molecule has 8 nitrogen and oxygen atoms in total. The number of fused-ring (bicyclic) bond motifs is 1. The Kier molecular flexibility index (Phi) is 11.9. The van der Waals surface area contributed by atoms with Crippen molar-refractivity contribution in [3.05, 3.63) is 48.0 Å². The topological polar surface area (TPSA) is 105 Å². The second-order valence-electron chi connectivity index (χ2n) is 9.57. The van der Waals surface area contributed by atoms with Crippen molar-refractivity contribution in [2.45, 2.75) is 57.4 Å². The number of nitrogens with one attached hydrogen (secondary N) is 1. The average molecular weight is 501 g/mol. The van der Waals surface area contributed by atoms with Crippen molar-refractivity contribution >= 4 is 17.8 Å². The SMILES string of the molecule is O=C(CC1CC=CCCCC(Cc2ccccc2)C(=O)OCC2CCCN2C1=O)NCCOCCO. The van der Waals surface area contributed by atoms with Gasteiger partial charge in [-0.3, -0.25) is 14.4 Å². The lowest BCUT2D eigenvalue weighted by atomic mass is 9.93. The van der Waals surface area contributed by atoms with Crippen LogP contribution in [0, 0.1) is 11.8 Å². The zero-order valence-electron chi connectivity index (χ0n) is 21.1.